The number of rotatable bonds is 2. The Labute approximate surface area is 82.4 Å². The van der Waals surface area contributed by atoms with Gasteiger partial charge in [0, 0.05) is 23.5 Å². The highest BCUT2D eigenvalue weighted by atomic mass is 15.1. The van der Waals surface area contributed by atoms with Gasteiger partial charge >= 0.3 is 0 Å². The number of aryl methyl sites for hydroxylation is 1. The summed E-state index contributed by atoms with van der Waals surface area (Å²) in [6.07, 6.45) is 6.28. The fourth-order valence-corrected chi connectivity index (χ4v) is 1.53. The van der Waals surface area contributed by atoms with Gasteiger partial charge in [-0.25, -0.2) is 0 Å². The first-order chi connectivity index (χ1) is 6.86. The monoisotopic (exact) mass is 188 g/mol. The molecule has 0 aromatic carbocycles. The summed E-state index contributed by atoms with van der Waals surface area (Å²) >= 11 is 0. The van der Waals surface area contributed by atoms with Crippen LogP contribution in [-0.2, 0) is 6.42 Å². The van der Waals surface area contributed by atoms with E-state index in [1.54, 1.807) is 12.4 Å². The molecule has 2 aromatic rings. The molecule has 72 valence electrons. The van der Waals surface area contributed by atoms with Crippen LogP contribution in [0.25, 0.3) is 10.8 Å². The van der Waals surface area contributed by atoms with E-state index in [1.807, 2.05) is 13.2 Å². The average Bonchev–Trinajstić information content (AvgIpc) is 2.27. The standard InChI is InChI=1S/C10H12N4/c1-3-9-7-4-13-14-5-8(7)10(11-2)6-12-9/h4-6,11H,3H2,1-2H3. The highest BCUT2D eigenvalue weighted by Crippen LogP contribution is 2.22. The summed E-state index contributed by atoms with van der Waals surface area (Å²) in [7, 11) is 1.88. The van der Waals surface area contributed by atoms with Crippen LogP contribution in [0, 0.1) is 0 Å². The number of nitrogens with one attached hydrogen (secondary N) is 1. The molecule has 0 bridgehead atoms. The van der Waals surface area contributed by atoms with E-state index in [9.17, 15) is 0 Å². The van der Waals surface area contributed by atoms with Crippen molar-refractivity contribution in [2.24, 2.45) is 0 Å². The fourth-order valence-electron chi connectivity index (χ4n) is 1.53. The molecule has 0 aliphatic carbocycles. The number of aromatic nitrogens is 3. The van der Waals surface area contributed by atoms with Gasteiger partial charge < -0.3 is 5.32 Å². The molecule has 0 amide bonds. The number of nitrogens with zero attached hydrogens (tertiary/aromatic N) is 3. The third kappa shape index (κ3) is 1.28. The molecule has 14 heavy (non-hydrogen) atoms. The highest BCUT2D eigenvalue weighted by Gasteiger charge is 2.04. The van der Waals surface area contributed by atoms with Gasteiger partial charge in [-0.05, 0) is 6.42 Å². The largest absolute Gasteiger partial charge is 0.386 e. The zero-order valence-corrected chi connectivity index (χ0v) is 8.28. The van der Waals surface area contributed by atoms with Crippen molar-refractivity contribution in [2.75, 3.05) is 12.4 Å². The Morgan fingerprint density at radius 3 is 2.50 bits per heavy atom. The quantitative estimate of drug-likeness (QED) is 0.778. The minimum Gasteiger partial charge on any atom is -0.386 e. The predicted molar refractivity (Wildman–Crippen MR) is 56.3 cm³/mol. The number of pyridine rings is 1. The molecule has 0 unspecified atom stereocenters. The van der Waals surface area contributed by atoms with Crippen molar-refractivity contribution in [1.29, 1.82) is 0 Å². The summed E-state index contributed by atoms with van der Waals surface area (Å²) in [5.74, 6) is 0. The van der Waals surface area contributed by atoms with Gasteiger partial charge in [-0.2, -0.15) is 10.2 Å². The van der Waals surface area contributed by atoms with Crippen LogP contribution < -0.4 is 5.32 Å². The smallest absolute Gasteiger partial charge is 0.0620 e. The molecule has 0 saturated heterocycles. The summed E-state index contributed by atoms with van der Waals surface area (Å²) in [4.78, 5) is 4.37. The van der Waals surface area contributed by atoms with Crippen LogP contribution in [-0.4, -0.2) is 22.2 Å². The molecule has 0 saturated carbocycles. The predicted octanol–water partition coefficient (Wildman–Crippen LogP) is 1.63. The molecule has 2 aromatic heterocycles. The Bertz CT molecular complexity index is 410. The fraction of sp³-hybridized carbons (Fsp3) is 0.300. The van der Waals surface area contributed by atoms with Crippen LogP contribution >= 0.6 is 0 Å². The molecule has 0 radical (unpaired) electrons. The van der Waals surface area contributed by atoms with Gasteiger partial charge in [0.1, 0.15) is 0 Å². The summed E-state index contributed by atoms with van der Waals surface area (Å²) in [5, 5.41) is 13.0. The van der Waals surface area contributed by atoms with E-state index in [-0.39, 0.29) is 0 Å². The molecule has 0 atom stereocenters. The maximum absolute atomic E-state index is 4.37. The van der Waals surface area contributed by atoms with Crippen molar-refractivity contribution in [3.05, 3.63) is 24.3 Å². The second-order valence-electron chi connectivity index (χ2n) is 3.04. The molecular formula is C10H12N4. The zero-order valence-electron chi connectivity index (χ0n) is 8.28. The van der Waals surface area contributed by atoms with Crippen molar-refractivity contribution < 1.29 is 0 Å². The molecule has 1 N–H and O–H groups in total. The van der Waals surface area contributed by atoms with Crippen molar-refractivity contribution in [2.45, 2.75) is 13.3 Å². The first kappa shape index (κ1) is 8.87. The lowest BCUT2D eigenvalue weighted by Gasteiger charge is -2.07. The van der Waals surface area contributed by atoms with Gasteiger partial charge in [0.15, 0.2) is 0 Å². The van der Waals surface area contributed by atoms with Crippen molar-refractivity contribution >= 4 is 16.5 Å². The third-order valence-electron chi connectivity index (χ3n) is 2.29. The Morgan fingerprint density at radius 2 is 1.86 bits per heavy atom. The molecule has 0 aliphatic rings. The first-order valence-corrected chi connectivity index (χ1v) is 4.62. The van der Waals surface area contributed by atoms with Crippen LogP contribution in [0.4, 0.5) is 5.69 Å². The second-order valence-corrected chi connectivity index (χ2v) is 3.04. The lowest BCUT2D eigenvalue weighted by molar-refractivity contribution is 1.02. The van der Waals surface area contributed by atoms with E-state index in [0.29, 0.717) is 0 Å². The molecule has 4 nitrogen and oxygen atoms in total. The van der Waals surface area contributed by atoms with E-state index in [2.05, 4.69) is 27.4 Å². The maximum atomic E-state index is 4.37. The van der Waals surface area contributed by atoms with E-state index in [4.69, 9.17) is 0 Å². The van der Waals surface area contributed by atoms with Crippen LogP contribution in [0.3, 0.4) is 0 Å². The Balaban J connectivity index is 2.78. The molecule has 2 heterocycles. The lowest BCUT2D eigenvalue weighted by Crippen LogP contribution is -1.96. The molecule has 2 rings (SSSR count). The van der Waals surface area contributed by atoms with Crippen LogP contribution in [0.15, 0.2) is 18.6 Å². The number of hydrogen-bond acceptors (Lipinski definition) is 4. The van der Waals surface area contributed by atoms with Crippen LogP contribution in [0.2, 0.25) is 0 Å². The summed E-state index contributed by atoms with van der Waals surface area (Å²) in [6.45, 7) is 2.08. The zero-order chi connectivity index (χ0) is 9.97. The molecule has 0 aliphatic heterocycles. The number of hydrogen-bond donors (Lipinski definition) is 1. The van der Waals surface area contributed by atoms with Crippen molar-refractivity contribution in [1.82, 2.24) is 15.2 Å². The van der Waals surface area contributed by atoms with Gasteiger partial charge in [-0.15, -0.1) is 0 Å². The van der Waals surface area contributed by atoms with Crippen LogP contribution in [0.1, 0.15) is 12.6 Å². The Morgan fingerprint density at radius 1 is 1.14 bits per heavy atom. The molecular weight excluding hydrogens is 176 g/mol. The van der Waals surface area contributed by atoms with E-state index >= 15 is 0 Å². The maximum Gasteiger partial charge on any atom is 0.0620 e. The number of fused-ring (bicyclic) bond motifs is 1. The average molecular weight is 188 g/mol. The summed E-state index contributed by atoms with van der Waals surface area (Å²) in [6, 6.07) is 0. The molecule has 0 fully saturated rings. The van der Waals surface area contributed by atoms with Gasteiger partial charge in [0.25, 0.3) is 0 Å². The van der Waals surface area contributed by atoms with E-state index in [1.165, 1.54) is 0 Å². The second kappa shape index (κ2) is 3.57. The van der Waals surface area contributed by atoms with E-state index in [0.717, 1.165) is 28.6 Å². The minimum absolute atomic E-state index is 0.909. The first-order valence-electron chi connectivity index (χ1n) is 4.62. The van der Waals surface area contributed by atoms with Crippen molar-refractivity contribution in [3.63, 3.8) is 0 Å². The topological polar surface area (TPSA) is 50.7 Å². The number of anilines is 1. The van der Waals surface area contributed by atoms with Gasteiger partial charge in [-0.1, -0.05) is 6.92 Å². The highest BCUT2D eigenvalue weighted by molar-refractivity contribution is 5.93. The Kier molecular flexibility index (Phi) is 2.26. The summed E-state index contributed by atoms with van der Waals surface area (Å²) < 4.78 is 0. The van der Waals surface area contributed by atoms with Gasteiger partial charge in [0.05, 0.1) is 24.3 Å². The molecule has 4 heteroatoms. The third-order valence-corrected chi connectivity index (χ3v) is 2.29. The SMILES string of the molecule is CCc1ncc(NC)c2cnncc12. The van der Waals surface area contributed by atoms with Gasteiger partial charge in [-0.3, -0.25) is 4.98 Å². The lowest BCUT2D eigenvalue weighted by atomic mass is 10.1. The minimum atomic E-state index is 0.909. The normalized spacial score (nSPS) is 10.4. The summed E-state index contributed by atoms with van der Waals surface area (Å²) in [5.41, 5.74) is 2.06. The van der Waals surface area contributed by atoms with Gasteiger partial charge in [0.2, 0.25) is 0 Å². The van der Waals surface area contributed by atoms with Crippen LogP contribution in [0.5, 0.6) is 0 Å². The Hall–Kier alpha value is -1.71. The van der Waals surface area contributed by atoms with E-state index < -0.39 is 0 Å². The molecule has 0 spiro atoms. The van der Waals surface area contributed by atoms with Crippen molar-refractivity contribution in [3.8, 4) is 0 Å².